The zero-order valence-electron chi connectivity index (χ0n) is 11.0. The molecule has 1 amide bonds. The molecule has 0 saturated carbocycles. The van der Waals surface area contributed by atoms with E-state index in [0.717, 1.165) is 5.69 Å². The molecule has 2 rings (SSSR count). The van der Waals surface area contributed by atoms with Gasteiger partial charge in [-0.15, -0.1) is 11.3 Å². The molecule has 2 heterocycles. The van der Waals surface area contributed by atoms with Gasteiger partial charge in [0.05, 0.1) is 10.7 Å². The number of carbonyl (C=O) groups excluding carboxylic acids is 1. The van der Waals surface area contributed by atoms with E-state index < -0.39 is 5.91 Å². The first-order chi connectivity index (χ1) is 9.51. The molecule has 8 heteroatoms. The monoisotopic (exact) mass is 311 g/mol. The lowest BCUT2D eigenvalue weighted by Crippen LogP contribution is -2.16. The molecule has 0 saturated heterocycles. The van der Waals surface area contributed by atoms with Crippen LogP contribution in [0.1, 0.15) is 35.9 Å². The summed E-state index contributed by atoms with van der Waals surface area (Å²) in [5.74, 6) is 5.51. The number of pyridine rings is 1. The van der Waals surface area contributed by atoms with Gasteiger partial charge in [0.2, 0.25) is 0 Å². The predicted octanol–water partition coefficient (Wildman–Crippen LogP) is 2.85. The number of hydrogen-bond donors (Lipinski definition) is 3. The predicted molar refractivity (Wildman–Crippen MR) is 81.2 cm³/mol. The molecule has 2 aromatic heterocycles. The van der Waals surface area contributed by atoms with Crippen LogP contribution in [0.2, 0.25) is 5.02 Å². The van der Waals surface area contributed by atoms with Crippen LogP contribution in [0.3, 0.4) is 0 Å². The first kappa shape index (κ1) is 14.7. The number of anilines is 2. The van der Waals surface area contributed by atoms with Crippen LogP contribution in [0.5, 0.6) is 0 Å². The minimum atomic E-state index is -0.420. The van der Waals surface area contributed by atoms with Gasteiger partial charge in [-0.3, -0.25) is 10.1 Å². The van der Waals surface area contributed by atoms with Crippen molar-refractivity contribution >= 4 is 39.8 Å². The van der Waals surface area contributed by atoms with Crippen molar-refractivity contribution in [1.82, 2.24) is 9.97 Å². The Labute approximate surface area is 125 Å². The average molecular weight is 312 g/mol. The highest BCUT2D eigenvalue weighted by Crippen LogP contribution is 2.23. The number of nitrogen functional groups attached to an aromatic ring is 1. The molecule has 6 nitrogen and oxygen atoms in total. The number of hydrazine groups is 1. The van der Waals surface area contributed by atoms with E-state index in [4.69, 9.17) is 17.4 Å². The Morgan fingerprint density at radius 2 is 2.15 bits per heavy atom. The van der Waals surface area contributed by atoms with E-state index in [0.29, 0.717) is 16.9 Å². The zero-order valence-corrected chi connectivity index (χ0v) is 12.5. The highest BCUT2D eigenvalue weighted by molar-refractivity contribution is 7.14. The maximum absolute atomic E-state index is 12.1. The molecular formula is C12H14ClN5OS. The number of halogens is 1. The Kier molecular flexibility index (Phi) is 4.53. The van der Waals surface area contributed by atoms with Crippen molar-refractivity contribution in [2.24, 2.45) is 5.84 Å². The van der Waals surface area contributed by atoms with E-state index >= 15 is 0 Å². The lowest BCUT2D eigenvalue weighted by atomic mass is 10.2. The van der Waals surface area contributed by atoms with Crippen molar-refractivity contribution in [3.8, 4) is 0 Å². The molecular weight excluding hydrogens is 298 g/mol. The van der Waals surface area contributed by atoms with Gasteiger partial charge in [-0.25, -0.2) is 15.8 Å². The minimum absolute atomic E-state index is 0.100. The van der Waals surface area contributed by atoms with Gasteiger partial charge in [-0.05, 0) is 18.1 Å². The summed E-state index contributed by atoms with van der Waals surface area (Å²) in [4.78, 5) is 20.5. The number of carbonyl (C=O) groups is 1. The summed E-state index contributed by atoms with van der Waals surface area (Å²) in [5.41, 5.74) is 3.40. The number of amides is 1. The third-order valence-corrected chi connectivity index (χ3v) is 3.62. The van der Waals surface area contributed by atoms with Gasteiger partial charge in [0.1, 0.15) is 11.5 Å². The maximum Gasteiger partial charge on any atom is 0.277 e. The van der Waals surface area contributed by atoms with Crippen LogP contribution in [0.15, 0.2) is 17.5 Å². The minimum Gasteiger partial charge on any atom is -0.308 e. The van der Waals surface area contributed by atoms with Crippen molar-refractivity contribution in [3.05, 3.63) is 33.9 Å². The lowest BCUT2D eigenvalue weighted by Gasteiger charge is -2.05. The normalized spacial score (nSPS) is 10.7. The van der Waals surface area contributed by atoms with E-state index in [-0.39, 0.29) is 10.7 Å². The molecule has 0 aromatic carbocycles. The van der Waals surface area contributed by atoms with Crippen LogP contribution >= 0.6 is 22.9 Å². The van der Waals surface area contributed by atoms with Crippen molar-refractivity contribution in [2.75, 3.05) is 10.7 Å². The average Bonchev–Trinajstić information content (AvgIpc) is 2.88. The second-order valence-electron chi connectivity index (χ2n) is 4.36. The number of thiazole rings is 1. The van der Waals surface area contributed by atoms with E-state index in [9.17, 15) is 4.79 Å². The van der Waals surface area contributed by atoms with Gasteiger partial charge >= 0.3 is 0 Å². The lowest BCUT2D eigenvalue weighted by molar-refractivity contribution is 0.102. The number of rotatable bonds is 4. The molecule has 0 unspecified atom stereocenters. The Morgan fingerprint density at radius 3 is 2.75 bits per heavy atom. The van der Waals surface area contributed by atoms with Crippen molar-refractivity contribution in [3.63, 3.8) is 0 Å². The number of nitrogens with zero attached hydrogens (tertiary/aromatic N) is 2. The molecule has 0 fully saturated rings. The third kappa shape index (κ3) is 3.24. The maximum atomic E-state index is 12.1. The van der Waals surface area contributed by atoms with Crippen LogP contribution in [-0.4, -0.2) is 15.9 Å². The number of hydrogen-bond acceptors (Lipinski definition) is 6. The SMILES string of the molecule is CC(C)c1csc(NC(=O)c2nc(NN)ccc2Cl)n1. The quantitative estimate of drug-likeness (QED) is 0.596. The molecule has 0 aliphatic carbocycles. The number of aromatic nitrogens is 2. The molecule has 0 aliphatic heterocycles. The molecule has 20 heavy (non-hydrogen) atoms. The summed E-state index contributed by atoms with van der Waals surface area (Å²) in [5, 5.41) is 5.36. The van der Waals surface area contributed by atoms with Crippen LogP contribution < -0.4 is 16.6 Å². The van der Waals surface area contributed by atoms with Crippen molar-refractivity contribution < 1.29 is 4.79 Å². The van der Waals surface area contributed by atoms with Crippen LogP contribution in [0.4, 0.5) is 10.9 Å². The molecule has 4 N–H and O–H groups in total. The van der Waals surface area contributed by atoms with Gasteiger partial charge in [-0.1, -0.05) is 25.4 Å². The Hall–Kier alpha value is -1.70. The van der Waals surface area contributed by atoms with Crippen molar-refractivity contribution in [2.45, 2.75) is 19.8 Å². The number of nitrogens with two attached hydrogens (primary N) is 1. The molecule has 0 spiro atoms. The first-order valence-corrected chi connectivity index (χ1v) is 7.17. The summed E-state index contributed by atoms with van der Waals surface area (Å²) >= 11 is 7.32. The molecule has 106 valence electrons. The molecule has 0 bridgehead atoms. The second kappa shape index (κ2) is 6.17. The largest absolute Gasteiger partial charge is 0.308 e. The van der Waals surface area contributed by atoms with Gasteiger partial charge in [0.25, 0.3) is 5.91 Å². The molecule has 0 aliphatic rings. The molecule has 0 radical (unpaired) electrons. The van der Waals surface area contributed by atoms with Gasteiger partial charge in [0, 0.05) is 5.38 Å². The summed E-state index contributed by atoms with van der Waals surface area (Å²) in [6.45, 7) is 4.07. The van der Waals surface area contributed by atoms with Crippen LogP contribution in [-0.2, 0) is 0 Å². The van der Waals surface area contributed by atoms with Gasteiger partial charge in [-0.2, -0.15) is 0 Å². The van der Waals surface area contributed by atoms with E-state index in [1.165, 1.54) is 11.3 Å². The summed E-state index contributed by atoms with van der Waals surface area (Å²) in [6.07, 6.45) is 0. The van der Waals surface area contributed by atoms with Gasteiger partial charge < -0.3 is 5.43 Å². The highest BCUT2D eigenvalue weighted by atomic mass is 35.5. The fraction of sp³-hybridized carbons (Fsp3) is 0.250. The fourth-order valence-electron chi connectivity index (χ4n) is 1.45. The summed E-state index contributed by atoms with van der Waals surface area (Å²) < 4.78 is 0. The summed E-state index contributed by atoms with van der Waals surface area (Å²) in [6, 6.07) is 3.14. The molecule has 2 aromatic rings. The van der Waals surface area contributed by atoms with E-state index in [1.807, 2.05) is 19.2 Å². The van der Waals surface area contributed by atoms with E-state index in [2.05, 4.69) is 20.7 Å². The van der Waals surface area contributed by atoms with E-state index in [1.54, 1.807) is 12.1 Å². The zero-order chi connectivity index (χ0) is 14.7. The number of nitrogens with one attached hydrogen (secondary N) is 2. The van der Waals surface area contributed by atoms with Gasteiger partial charge in [0.15, 0.2) is 5.13 Å². The fourth-order valence-corrected chi connectivity index (χ4v) is 2.50. The smallest absolute Gasteiger partial charge is 0.277 e. The van der Waals surface area contributed by atoms with Crippen molar-refractivity contribution in [1.29, 1.82) is 0 Å². The topological polar surface area (TPSA) is 92.9 Å². The Balaban J connectivity index is 2.19. The standard InChI is InChI=1S/C12H14ClN5OS/c1-6(2)8-5-20-12(15-8)17-11(19)10-7(13)3-4-9(16-10)18-14/h3-6H,14H2,1-2H3,(H,16,18)(H,15,17,19). The van der Waals surface area contributed by atoms with Crippen LogP contribution in [0, 0.1) is 0 Å². The van der Waals surface area contributed by atoms with Crippen LogP contribution in [0.25, 0.3) is 0 Å². The highest BCUT2D eigenvalue weighted by Gasteiger charge is 2.15. The Morgan fingerprint density at radius 1 is 1.40 bits per heavy atom. The first-order valence-electron chi connectivity index (χ1n) is 5.91. The second-order valence-corrected chi connectivity index (χ2v) is 5.62. The summed E-state index contributed by atoms with van der Waals surface area (Å²) in [7, 11) is 0. The third-order valence-electron chi connectivity index (χ3n) is 2.54. The molecule has 0 atom stereocenters. The Bertz CT molecular complexity index is 628.